The van der Waals surface area contributed by atoms with Gasteiger partial charge in [-0.15, -0.1) is 11.8 Å². The SMILES string of the molecule is CCOc1cc2c3c(c1)[C@@]1(SCC(=O)N1c1ccc(Cl)c(F)c1)C(=O)N3C(C)(C)C[C@@H]2C. The number of carbonyl (C=O) groups excluding carboxylic acids is 2. The van der Waals surface area contributed by atoms with Gasteiger partial charge in [-0.25, -0.2) is 4.39 Å². The summed E-state index contributed by atoms with van der Waals surface area (Å²) in [6.07, 6.45) is 0.783. The van der Waals surface area contributed by atoms with E-state index in [2.05, 4.69) is 20.8 Å². The van der Waals surface area contributed by atoms with E-state index in [0.717, 1.165) is 23.2 Å². The molecule has 5 rings (SSSR count). The van der Waals surface area contributed by atoms with E-state index < -0.39 is 16.2 Å². The lowest BCUT2D eigenvalue weighted by Gasteiger charge is -2.44. The summed E-state index contributed by atoms with van der Waals surface area (Å²) in [5.74, 6) is -0.0516. The van der Waals surface area contributed by atoms with Gasteiger partial charge in [0.2, 0.25) is 10.8 Å². The Bertz CT molecular complexity index is 1170. The number of fused-ring (bicyclic) bond motifs is 1. The number of hydrogen-bond acceptors (Lipinski definition) is 4. The largest absolute Gasteiger partial charge is 0.494 e. The van der Waals surface area contributed by atoms with Crippen molar-refractivity contribution in [2.24, 2.45) is 0 Å². The van der Waals surface area contributed by atoms with Crippen molar-refractivity contribution in [1.82, 2.24) is 0 Å². The maximum Gasteiger partial charge on any atom is 0.269 e. The Kier molecular flexibility index (Phi) is 4.81. The van der Waals surface area contributed by atoms with Crippen LogP contribution in [-0.2, 0) is 14.5 Å². The molecule has 1 spiro atoms. The maximum absolute atomic E-state index is 14.4. The third kappa shape index (κ3) is 2.76. The van der Waals surface area contributed by atoms with E-state index in [9.17, 15) is 14.0 Å². The zero-order chi connectivity index (χ0) is 23.0. The molecule has 0 bridgehead atoms. The third-order valence-electron chi connectivity index (χ3n) is 6.58. The third-order valence-corrected chi connectivity index (χ3v) is 8.27. The molecule has 2 aromatic carbocycles. The van der Waals surface area contributed by atoms with Gasteiger partial charge in [0.15, 0.2) is 0 Å². The van der Waals surface area contributed by atoms with Crippen molar-refractivity contribution in [1.29, 1.82) is 0 Å². The summed E-state index contributed by atoms with van der Waals surface area (Å²) in [6, 6.07) is 8.12. The number of benzene rings is 2. The number of rotatable bonds is 3. The minimum Gasteiger partial charge on any atom is -0.494 e. The molecule has 0 aliphatic carbocycles. The van der Waals surface area contributed by atoms with Gasteiger partial charge < -0.3 is 9.64 Å². The number of ether oxygens (including phenoxy) is 1. The Morgan fingerprint density at radius 2 is 1.97 bits per heavy atom. The van der Waals surface area contributed by atoms with Crippen molar-refractivity contribution >= 4 is 46.6 Å². The van der Waals surface area contributed by atoms with E-state index >= 15 is 0 Å². The fourth-order valence-electron chi connectivity index (χ4n) is 5.44. The second kappa shape index (κ2) is 7.12. The summed E-state index contributed by atoms with van der Waals surface area (Å²) in [4.78, 5) is 29.4. The number of hydrogen-bond donors (Lipinski definition) is 0. The highest BCUT2D eigenvalue weighted by Crippen LogP contribution is 2.62. The lowest BCUT2D eigenvalue weighted by Crippen LogP contribution is -2.56. The quantitative estimate of drug-likeness (QED) is 0.594. The molecule has 0 unspecified atom stereocenters. The van der Waals surface area contributed by atoms with Crippen LogP contribution in [0.3, 0.4) is 0 Å². The predicted octanol–water partition coefficient (Wildman–Crippen LogP) is 5.44. The molecule has 3 aliphatic rings. The summed E-state index contributed by atoms with van der Waals surface area (Å²) in [5, 5.41) is -0.0318. The Labute approximate surface area is 195 Å². The topological polar surface area (TPSA) is 49.9 Å². The number of thioether (sulfide) groups is 1. The summed E-state index contributed by atoms with van der Waals surface area (Å²) in [5.41, 5.74) is 2.50. The number of carbonyl (C=O) groups is 2. The highest BCUT2D eigenvalue weighted by atomic mass is 35.5. The predicted molar refractivity (Wildman–Crippen MR) is 125 cm³/mol. The minimum absolute atomic E-state index is 0.0318. The van der Waals surface area contributed by atoms with Crippen LogP contribution < -0.4 is 14.5 Å². The summed E-state index contributed by atoms with van der Waals surface area (Å²) >= 11 is 7.18. The van der Waals surface area contributed by atoms with E-state index in [4.69, 9.17) is 16.3 Å². The first-order chi connectivity index (χ1) is 15.1. The van der Waals surface area contributed by atoms with Gasteiger partial charge >= 0.3 is 0 Å². The van der Waals surface area contributed by atoms with Crippen LogP contribution in [0.25, 0.3) is 0 Å². The van der Waals surface area contributed by atoms with Crippen LogP contribution >= 0.6 is 23.4 Å². The normalized spacial score (nSPS) is 25.6. The van der Waals surface area contributed by atoms with Crippen LogP contribution in [0.15, 0.2) is 30.3 Å². The van der Waals surface area contributed by atoms with Gasteiger partial charge in [-0.2, -0.15) is 0 Å². The summed E-state index contributed by atoms with van der Waals surface area (Å²) in [6.45, 7) is 8.66. The monoisotopic (exact) mass is 474 g/mol. The molecule has 3 aliphatic heterocycles. The van der Waals surface area contributed by atoms with Crippen molar-refractivity contribution in [3.05, 3.63) is 52.3 Å². The molecule has 2 atom stereocenters. The molecule has 32 heavy (non-hydrogen) atoms. The van der Waals surface area contributed by atoms with Crippen LogP contribution in [0.4, 0.5) is 15.8 Å². The van der Waals surface area contributed by atoms with Crippen LogP contribution in [-0.4, -0.2) is 29.7 Å². The molecule has 5 nitrogen and oxygen atoms in total. The Morgan fingerprint density at radius 1 is 1.22 bits per heavy atom. The average Bonchev–Trinajstić information content (AvgIpc) is 3.19. The standard InChI is InChI=1S/C24H24ClFN2O3S/c1-5-31-15-9-16-13(2)11-23(3,4)28-21(16)17(10-15)24(22(28)30)27(20(29)12-32-24)14-6-7-18(25)19(26)8-14/h6-10,13H,5,11-12H2,1-4H3/t13-,24+/m0/s1. The molecule has 0 N–H and O–H groups in total. The van der Waals surface area contributed by atoms with Gasteiger partial charge in [0.05, 0.1) is 23.1 Å². The number of halogens is 2. The van der Waals surface area contributed by atoms with E-state index in [1.807, 2.05) is 24.0 Å². The molecular formula is C24H24ClFN2O3S. The van der Waals surface area contributed by atoms with E-state index in [-0.39, 0.29) is 28.5 Å². The van der Waals surface area contributed by atoms with E-state index in [0.29, 0.717) is 18.0 Å². The van der Waals surface area contributed by atoms with E-state index in [1.54, 1.807) is 6.07 Å². The first-order valence-electron chi connectivity index (χ1n) is 10.7. The Hall–Kier alpha value is -2.25. The fourth-order valence-corrected chi connectivity index (χ4v) is 6.88. The molecular weight excluding hydrogens is 451 g/mol. The molecule has 1 saturated heterocycles. The lowest BCUT2D eigenvalue weighted by molar-refractivity contribution is -0.124. The highest BCUT2D eigenvalue weighted by molar-refractivity contribution is 8.02. The molecule has 3 heterocycles. The van der Waals surface area contributed by atoms with Crippen LogP contribution in [0.5, 0.6) is 5.75 Å². The molecule has 1 fully saturated rings. The zero-order valence-electron chi connectivity index (χ0n) is 18.4. The zero-order valence-corrected chi connectivity index (χ0v) is 19.9. The molecule has 0 aromatic heterocycles. The number of nitrogens with zero attached hydrogens (tertiary/aromatic N) is 2. The molecule has 2 amide bonds. The van der Waals surface area contributed by atoms with Crippen molar-refractivity contribution in [2.45, 2.75) is 50.4 Å². The van der Waals surface area contributed by atoms with Crippen LogP contribution in [0, 0.1) is 5.82 Å². The van der Waals surface area contributed by atoms with Gasteiger partial charge in [0.25, 0.3) is 5.91 Å². The highest BCUT2D eigenvalue weighted by Gasteiger charge is 2.64. The molecule has 0 radical (unpaired) electrons. The molecule has 8 heteroatoms. The smallest absolute Gasteiger partial charge is 0.269 e. The maximum atomic E-state index is 14.4. The van der Waals surface area contributed by atoms with Gasteiger partial charge in [-0.1, -0.05) is 18.5 Å². The van der Waals surface area contributed by atoms with Crippen molar-refractivity contribution in [3.8, 4) is 5.75 Å². The van der Waals surface area contributed by atoms with Gasteiger partial charge in [-0.3, -0.25) is 14.5 Å². The molecule has 168 valence electrons. The minimum atomic E-state index is -1.31. The fraction of sp³-hybridized carbons (Fsp3) is 0.417. The number of anilines is 2. The molecule has 2 aromatic rings. The van der Waals surface area contributed by atoms with Gasteiger partial charge in [0, 0.05) is 16.8 Å². The lowest BCUT2D eigenvalue weighted by atomic mass is 9.80. The van der Waals surface area contributed by atoms with Gasteiger partial charge in [0.1, 0.15) is 11.6 Å². The van der Waals surface area contributed by atoms with Crippen molar-refractivity contribution in [2.75, 3.05) is 22.2 Å². The second-order valence-corrected chi connectivity index (χ2v) is 10.7. The number of amides is 2. The average molecular weight is 475 g/mol. The van der Waals surface area contributed by atoms with Crippen molar-refractivity contribution < 1.29 is 18.7 Å². The summed E-state index contributed by atoms with van der Waals surface area (Å²) < 4.78 is 20.2. The van der Waals surface area contributed by atoms with Crippen molar-refractivity contribution in [3.63, 3.8) is 0 Å². The van der Waals surface area contributed by atoms with E-state index in [1.165, 1.54) is 28.8 Å². The Morgan fingerprint density at radius 3 is 2.66 bits per heavy atom. The first kappa shape index (κ1) is 21.6. The Balaban J connectivity index is 1.80. The first-order valence-corrected chi connectivity index (χ1v) is 12.1. The second-order valence-electron chi connectivity index (χ2n) is 9.16. The van der Waals surface area contributed by atoms with Crippen LogP contribution in [0.2, 0.25) is 5.02 Å². The summed E-state index contributed by atoms with van der Waals surface area (Å²) in [7, 11) is 0. The van der Waals surface area contributed by atoms with Gasteiger partial charge in [-0.05, 0) is 69.0 Å². The van der Waals surface area contributed by atoms with Crippen LogP contribution in [0.1, 0.15) is 51.2 Å². The molecule has 0 saturated carbocycles.